The van der Waals surface area contributed by atoms with E-state index in [0.717, 1.165) is 0 Å². The Morgan fingerprint density at radius 1 is 1.65 bits per heavy atom. The first-order chi connectivity index (χ1) is 7.90. The molecule has 1 rings (SSSR count). The molecule has 1 unspecified atom stereocenters. The van der Waals surface area contributed by atoms with Crippen LogP contribution in [0.2, 0.25) is 5.02 Å². The average molecular weight is 259 g/mol. The van der Waals surface area contributed by atoms with Crippen LogP contribution >= 0.6 is 11.6 Å². The number of anilines is 1. The number of carbonyl (C=O) groups is 1. The second kappa shape index (κ2) is 5.49. The summed E-state index contributed by atoms with van der Waals surface area (Å²) in [6, 6.07) is 3.77. The quantitative estimate of drug-likeness (QED) is 0.625. The molecule has 0 fully saturated rings. The van der Waals surface area contributed by atoms with E-state index in [9.17, 15) is 14.9 Å². The Hall–Kier alpha value is -1.82. The van der Waals surface area contributed by atoms with E-state index in [2.05, 4.69) is 5.32 Å². The Labute approximate surface area is 102 Å². The normalized spacial score (nSPS) is 11.9. The zero-order valence-corrected chi connectivity index (χ0v) is 9.77. The number of benzene rings is 1. The summed E-state index contributed by atoms with van der Waals surface area (Å²) in [5, 5.41) is 22.4. The summed E-state index contributed by atoms with van der Waals surface area (Å²) in [5.41, 5.74) is 0.0860. The minimum atomic E-state index is -0.971. The van der Waals surface area contributed by atoms with Crippen LogP contribution in [0.1, 0.15) is 13.3 Å². The van der Waals surface area contributed by atoms with Crippen LogP contribution in [-0.2, 0) is 4.79 Å². The van der Waals surface area contributed by atoms with Gasteiger partial charge >= 0.3 is 5.97 Å². The molecule has 1 aromatic carbocycles. The van der Waals surface area contributed by atoms with Gasteiger partial charge in [-0.25, -0.2) is 0 Å². The van der Waals surface area contributed by atoms with Crippen molar-refractivity contribution in [3.8, 4) is 0 Å². The second-order valence-corrected chi connectivity index (χ2v) is 4.00. The smallest absolute Gasteiger partial charge is 0.305 e. The molecule has 0 radical (unpaired) electrons. The number of rotatable bonds is 5. The Morgan fingerprint density at radius 2 is 2.29 bits per heavy atom. The van der Waals surface area contributed by atoms with Crippen LogP contribution in [0.15, 0.2) is 18.2 Å². The molecule has 0 spiro atoms. The largest absolute Gasteiger partial charge is 0.481 e. The molecule has 0 aliphatic carbocycles. The predicted molar refractivity (Wildman–Crippen MR) is 63.4 cm³/mol. The van der Waals surface area contributed by atoms with E-state index in [1.54, 1.807) is 6.92 Å². The fraction of sp³-hybridized carbons (Fsp3) is 0.300. The first-order valence-electron chi connectivity index (χ1n) is 4.82. The van der Waals surface area contributed by atoms with E-state index >= 15 is 0 Å². The van der Waals surface area contributed by atoms with Crippen molar-refractivity contribution >= 4 is 28.9 Å². The van der Waals surface area contributed by atoms with Crippen LogP contribution in [0, 0.1) is 10.1 Å². The molecule has 1 atom stereocenters. The fourth-order valence-electron chi connectivity index (χ4n) is 1.36. The molecule has 0 amide bonds. The van der Waals surface area contributed by atoms with Gasteiger partial charge in [-0.2, -0.15) is 0 Å². The topological polar surface area (TPSA) is 92.5 Å². The summed E-state index contributed by atoms with van der Waals surface area (Å²) in [6.07, 6.45) is -0.125. The van der Waals surface area contributed by atoms with Crippen LogP contribution in [0.25, 0.3) is 0 Å². The van der Waals surface area contributed by atoms with Crippen LogP contribution in [-0.4, -0.2) is 22.0 Å². The van der Waals surface area contributed by atoms with Crippen molar-refractivity contribution in [1.82, 2.24) is 0 Å². The van der Waals surface area contributed by atoms with Gasteiger partial charge in [0.15, 0.2) is 0 Å². The maximum atomic E-state index is 10.8. The number of nitro benzene ring substituents is 1. The number of carboxylic acid groups (broad SMARTS) is 1. The van der Waals surface area contributed by atoms with Crippen LogP contribution in [0.4, 0.5) is 11.4 Å². The Kier molecular flexibility index (Phi) is 4.28. The maximum absolute atomic E-state index is 10.8. The third-order valence-corrected chi connectivity index (χ3v) is 2.27. The van der Waals surface area contributed by atoms with Gasteiger partial charge in [-0.15, -0.1) is 0 Å². The number of halogens is 1. The highest BCUT2D eigenvalue weighted by atomic mass is 35.5. The third kappa shape index (κ3) is 3.92. The van der Waals surface area contributed by atoms with E-state index in [1.165, 1.54) is 18.2 Å². The van der Waals surface area contributed by atoms with Gasteiger partial charge < -0.3 is 10.4 Å². The fourth-order valence-corrected chi connectivity index (χ4v) is 1.52. The first kappa shape index (κ1) is 13.2. The molecule has 2 N–H and O–H groups in total. The lowest BCUT2D eigenvalue weighted by atomic mass is 10.2. The van der Waals surface area contributed by atoms with Gasteiger partial charge in [0, 0.05) is 17.1 Å². The summed E-state index contributed by atoms with van der Waals surface area (Å²) < 4.78 is 0. The predicted octanol–water partition coefficient (Wildman–Crippen LogP) is 2.52. The minimum absolute atomic E-state index is 0.125. The number of carboxylic acids is 1. The van der Waals surface area contributed by atoms with Gasteiger partial charge in [0.25, 0.3) is 5.69 Å². The highest BCUT2D eigenvalue weighted by molar-refractivity contribution is 6.30. The summed E-state index contributed by atoms with van der Waals surface area (Å²) in [5.74, 6) is -0.971. The summed E-state index contributed by atoms with van der Waals surface area (Å²) >= 11 is 5.66. The van der Waals surface area contributed by atoms with E-state index in [-0.39, 0.29) is 22.8 Å². The molecular weight excluding hydrogens is 248 g/mol. The molecule has 6 nitrogen and oxygen atoms in total. The lowest BCUT2D eigenvalue weighted by molar-refractivity contribution is -0.384. The molecule has 0 aromatic heterocycles. The molecule has 1 aromatic rings. The van der Waals surface area contributed by atoms with Gasteiger partial charge in [0.05, 0.1) is 11.3 Å². The van der Waals surface area contributed by atoms with Crippen molar-refractivity contribution in [3.05, 3.63) is 33.3 Å². The molecule has 0 saturated heterocycles. The molecule has 0 heterocycles. The van der Waals surface area contributed by atoms with Gasteiger partial charge in [0.1, 0.15) is 5.69 Å². The Morgan fingerprint density at radius 3 is 2.82 bits per heavy atom. The Balaban J connectivity index is 2.90. The lowest BCUT2D eigenvalue weighted by Crippen LogP contribution is -2.19. The summed E-state index contributed by atoms with van der Waals surface area (Å²) in [4.78, 5) is 20.7. The van der Waals surface area contributed by atoms with Gasteiger partial charge in [0.2, 0.25) is 0 Å². The zero-order valence-electron chi connectivity index (χ0n) is 9.01. The van der Waals surface area contributed by atoms with Crippen molar-refractivity contribution in [2.75, 3.05) is 5.32 Å². The number of hydrogen-bond donors (Lipinski definition) is 2. The molecule has 0 saturated carbocycles. The van der Waals surface area contributed by atoms with Gasteiger partial charge in [-0.3, -0.25) is 14.9 Å². The molecule has 7 heteroatoms. The van der Waals surface area contributed by atoms with Crippen molar-refractivity contribution in [3.63, 3.8) is 0 Å². The maximum Gasteiger partial charge on any atom is 0.305 e. The molecule has 0 bridgehead atoms. The molecule has 92 valence electrons. The minimum Gasteiger partial charge on any atom is -0.481 e. The van der Waals surface area contributed by atoms with Gasteiger partial charge in [-0.1, -0.05) is 11.6 Å². The molecule has 0 aliphatic rings. The number of nitrogens with zero attached hydrogens (tertiary/aromatic N) is 1. The Bertz CT molecular complexity index is 450. The van der Waals surface area contributed by atoms with E-state index in [0.29, 0.717) is 0 Å². The number of nitro groups is 1. The van der Waals surface area contributed by atoms with E-state index < -0.39 is 16.9 Å². The van der Waals surface area contributed by atoms with Crippen molar-refractivity contribution in [2.24, 2.45) is 0 Å². The van der Waals surface area contributed by atoms with Crippen molar-refractivity contribution in [2.45, 2.75) is 19.4 Å². The van der Waals surface area contributed by atoms with Crippen LogP contribution in [0.3, 0.4) is 0 Å². The molecule has 0 aliphatic heterocycles. The highest BCUT2D eigenvalue weighted by Gasteiger charge is 2.16. The summed E-state index contributed by atoms with van der Waals surface area (Å²) in [6.45, 7) is 1.63. The zero-order chi connectivity index (χ0) is 13.0. The number of hydrogen-bond acceptors (Lipinski definition) is 4. The summed E-state index contributed by atoms with van der Waals surface area (Å²) in [7, 11) is 0. The second-order valence-electron chi connectivity index (χ2n) is 3.56. The van der Waals surface area contributed by atoms with Crippen molar-refractivity contribution < 1.29 is 14.8 Å². The number of nitrogens with one attached hydrogen (secondary N) is 1. The lowest BCUT2D eigenvalue weighted by Gasteiger charge is -2.13. The highest BCUT2D eigenvalue weighted by Crippen LogP contribution is 2.28. The van der Waals surface area contributed by atoms with E-state index in [1.807, 2.05) is 0 Å². The number of aliphatic carboxylic acids is 1. The molecular formula is C10H11ClN2O4. The monoisotopic (exact) mass is 258 g/mol. The molecule has 17 heavy (non-hydrogen) atoms. The SMILES string of the molecule is CC(CC(=O)O)Nc1ccc(Cl)cc1[N+](=O)[O-]. The standard InChI is InChI=1S/C10H11ClN2O4/c1-6(4-10(14)15)12-8-3-2-7(11)5-9(8)13(16)17/h2-3,5-6,12H,4H2,1H3,(H,14,15). The third-order valence-electron chi connectivity index (χ3n) is 2.04. The van der Waals surface area contributed by atoms with Crippen LogP contribution < -0.4 is 5.32 Å². The van der Waals surface area contributed by atoms with Crippen LogP contribution in [0.5, 0.6) is 0 Å². The first-order valence-corrected chi connectivity index (χ1v) is 5.20. The van der Waals surface area contributed by atoms with Gasteiger partial charge in [-0.05, 0) is 19.1 Å². The van der Waals surface area contributed by atoms with Crippen molar-refractivity contribution in [1.29, 1.82) is 0 Å². The average Bonchev–Trinajstić information content (AvgIpc) is 2.19. The van der Waals surface area contributed by atoms with E-state index in [4.69, 9.17) is 16.7 Å².